The summed E-state index contributed by atoms with van der Waals surface area (Å²) in [4.78, 5) is 19.1. The third-order valence-electron chi connectivity index (χ3n) is 1.87. The lowest BCUT2D eigenvalue weighted by Crippen LogP contribution is -2.28. The zero-order chi connectivity index (χ0) is 12.5. The van der Waals surface area contributed by atoms with Crippen LogP contribution in [-0.4, -0.2) is 49.4 Å². The molecule has 0 aliphatic rings. The third kappa shape index (κ3) is 5.23. The van der Waals surface area contributed by atoms with Crippen molar-refractivity contribution in [2.75, 3.05) is 39.2 Å². The van der Waals surface area contributed by atoms with E-state index in [-0.39, 0.29) is 17.4 Å². The summed E-state index contributed by atoms with van der Waals surface area (Å²) in [6, 6.07) is 0. The Morgan fingerprint density at radius 2 is 2.18 bits per heavy atom. The Labute approximate surface area is 99.3 Å². The summed E-state index contributed by atoms with van der Waals surface area (Å²) in [5.41, 5.74) is 5.59. The van der Waals surface area contributed by atoms with Gasteiger partial charge in [-0.25, -0.2) is 9.97 Å². The van der Waals surface area contributed by atoms with Gasteiger partial charge in [0.1, 0.15) is 11.5 Å². The summed E-state index contributed by atoms with van der Waals surface area (Å²) in [5, 5.41) is 2.65. The molecule has 0 saturated heterocycles. The van der Waals surface area contributed by atoms with Gasteiger partial charge in [-0.05, 0) is 0 Å². The third-order valence-corrected chi connectivity index (χ3v) is 1.87. The first-order valence-electron chi connectivity index (χ1n) is 5.16. The number of rotatable bonds is 7. The number of amides is 1. The van der Waals surface area contributed by atoms with Crippen molar-refractivity contribution in [2.45, 2.75) is 0 Å². The number of ether oxygens (including phenoxy) is 2. The van der Waals surface area contributed by atoms with E-state index in [9.17, 15) is 4.79 Å². The SMILES string of the molecule is COCCOCCNC(=O)c1cnc(N)cn1. The van der Waals surface area contributed by atoms with Gasteiger partial charge in [0.2, 0.25) is 0 Å². The largest absolute Gasteiger partial charge is 0.382 e. The molecular formula is C10H16N4O3. The minimum absolute atomic E-state index is 0.232. The number of nitrogen functional groups attached to an aromatic ring is 1. The molecule has 0 atom stereocenters. The zero-order valence-electron chi connectivity index (χ0n) is 9.68. The number of hydrogen-bond donors (Lipinski definition) is 2. The molecule has 0 unspecified atom stereocenters. The van der Waals surface area contributed by atoms with Gasteiger partial charge in [-0.15, -0.1) is 0 Å². The molecule has 0 bridgehead atoms. The minimum Gasteiger partial charge on any atom is -0.382 e. The Bertz CT molecular complexity index is 342. The number of carbonyl (C=O) groups is 1. The van der Waals surface area contributed by atoms with E-state index >= 15 is 0 Å². The van der Waals surface area contributed by atoms with Gasteiger partial charge in [-0.3, -0.25) is 4.79 Å². The molecule has 0 fully saturated rings. The number of anilines is 1. The van der Waals surface area contributed by atoms with Gasteiger partial charge in [0, 0.05) is 13.7 Å². The number of carbonyl (C=O) groups excluding carboxylic acids is 1. The molecule has 7 heteroatoms. The first-order valence-corrected chi connectivity index (χ1v) is 5.16. The van der Waals surface area contributed by atoms with E-state index in [1.54, 1.807) is 7.11 Å². The molecule has 0 aliphatic carbocycles. The van der Waals surface area contributed by atoms with Gasteiger partial charge < -0.3 is 20.5 Å². The maximum absolute atomic E-state index is 11.5. The second-order valence-corrected chi connectivity index (χ2v) is 3.19. The number of nitrogens with zero attached hydrogens (tertiary/aromatic N) is 2. The first-order chi connectivity index (χ1) is 8.24. The van der Waals surface area contributed by atoms with E-state index in [0.29, 0.717) is 26.4 Å². The molecule has 0 saturated carbocycles. The molecule has 0 aliphatic heterocycles. The number of nitrogens with one attached hydrogen (secondary N) is 1. The van der Waals surface area contributed by atoms with Crippen LogP contribution in [0.15, 0.2) is 12.4 Å². The molecule has 1 amide bonds. The minimum atomic E-state index is -0.298. The lowest BCUT2D eigenvalue weighted by atomic mass is 10.4. The van der Waals surface area contributed by atoms with Crippen LogP contribution in [0.1, 0.15) is 10.5 Å². The Morgan fingerprint density at radius 1 is 1.35 bits per heavy atom. The summed E-state index contributed by atoms with van der Waals surface area (Å²) < 4.78 is 9.99. The molecule has 0 spiro atoms. The van der Waals surface area contributed by atoms with Crippen molar-refractivity contribution < 1.29 is 14.3 Å². The quantitative estimate of drug-likeness (QED) is 0.620. The van der Waals surface area contributed by atoms with Crippen molar-refractivity contribution in [1.29, 1.82) is 0 Å². The smallest absolute Gasteiger partial charge is 0.271 e. The number of nitrogens with two attached hydrogens (primary N) is 1. The van der Waals surface area contributed by atoms with Crippen LogP contribution in [0.2, 0.25) is 0 Å². The summed E-state index contributed by atoms with van der Waals surface area (Å²) >= 11 is 0. The van der Waals surface area contributed by atoms with Crippen molar-refractivity contribution >= 4 is 11.7 Å². The van der Waals surface area contributed by atoms with Gasteiger partial charge in [0.05, 0.1) is 32.2 Å². The Balaban J connectivity index is 2.19. The highest BCUT2D eigenvalue weighted by molar-refractivity contribution is 5.91. The maximum atomic E-state index is 11.5. The van der Waals surface area contributed by atoms with Crippen LogP contribution in [0.3, 0.4) is 0 Å². The Kier molecular flexibility index (Phi) is 5.91. The Hall–Kier alpha value is -1.73. The summed E-state index contributed by atoms with van der Waals surface area (Å²) in [5.74, 6) is -0.0164. The van der Waals surface area contributed by atoms with Crippen LogP contribution in [0.5, 0.6) is 0 Å². The van der Waals surface area contributed by atoms with E-state index in [1.165, 1.54) is 12.4 Å². The van der Waals surface area contributed by atoms with E-state index in [4.69, 9.17) is 15.2 Å². The topological polar surface area (TPSA) is 99.4 Å². The average Bonchev–Trinajstić information content (AvgIpc) is 2.34. The molecule has 0 aromatic carbocycles. The molecule has 7 nitrogen and oxygen atoms in total. The monoisotopic (exact) mass is 240 g/mol. The van der Waals surface area contributed by atoms with Crippen LogP contribution < -0.4 is 11.1 Å². The average molecular weight is 240 g/mol. The van der Waals surface area contributed by atoms with Gasteiger partial charge in [0.15, 0.2) is 0 Å². The van der Waals surface area contributed by atoms with Crippen molar-refractivity contribution in [3.63, 3.8) is 0 Å². The van der Waals surface area contributed by atoms with E-state index in [0.717, 1.165) is 0 Å². The first kappa shape index (κ1) is 13.3. The fraction of sp³-hybridized carbons (Fsp3) is 0.500. The molecular weight excluding hydrogens is 224 g/mol. The molecule has 0 radical (unpaired) electrons. The van der Waals surface area contributed by atoms with E-state index in [1.807, 2.05) is 0 Å². The summed E-state index contributed by atoms with van der Waals surface area (Å²) in [6.45, 7) is 1.89. The second kappa shape index (κ2) is 7.53. The fourth-order valence-electron chi connectivity index (χ4n) is 1.03. The van der Waals surface area contributed by atoms with Crippen molar-refractivity contribution in [2.24, 2.45) is 0 Å². The molecule has 94 valence electrons. The highest BCUT2D eigenvalue weighted by atomic mass is 16.5. The fourth-order valence-corrected chi connectivity index (χ4v) is 1.03. The molecule has 1 heterocycles. The molecule has 1 aromatic heterocycles. The lowest BCUT2D eigenvalue weighted by Gasteiger charge is -2.05. The predicted octanol–water partition coefficient (Wildman–Crippen LogP) is -0.548. The van der Waals surface area contributed by atoms with Crippen molar-refractivity contribution in [3.05, 3.63) is 18.1 Å². The summed E-state index contributed by atoms with van der Waals surface area (Å²) in [6.07, 6.45) is 2.67. The van der Waals surface area contributed by atoms with Crippen LogP contribution in [-0.2, 0) is 9.47 Å². The number of aromatic nitrogens is 2. The van der Waals surface area contributed by atoms with Gasteiger partial charge in [0.25, 0.3) is 5.91 Å². The Morgan fingerprint density at radius 3 is 2.82 bits per heavy atom. The van der Waals surface area contributed by atoms with E-state index in [2.05, 4.69) is 15.3 Å². The molecule has 1 rings (SSSR count). The van der Waals surface area contributed by atoms with Gasteiger partial charge in [-0.1, -0.05) is 0 Å². The van der Waals surface area contributed by atoms with Crippen LogP contribution in [0.4, 0.5) is 5.82 Å². The van der Waals surface area contributed by atoms with Gasteiger partial charge >= 0.3 is 0 Å². The summed E-state index contributed by atoms with van der Waals surface area (Å²) in [7, 11) is 1.60. The molecule has 3 N–H and O–H groups in total. The molecule has 1 aromatic rings. The highest BCUT2D eigenvalue weighted by Gasteiger charge is 2.06. The van der Waals surface area contributed by atoms with Crippen molar-refractivity contribution in [3.8, 4) is 0 Å². The predicted molar refractivity (Wildman–Crippen MR) is 61.5 cm³/mol. The number of hydrogen-bond acceptors (Lipinski definition) is 6. The normalized spacial score (nSPS) is 10.2. The van der Waals surface area contributed by atoms with Crippen LogP contribution in [0.25, 0.3) is 0 Å². The number of methoxy groups -OCH3 is 1. The van der Waals surface area contributed by atoms with Crippen LogP contribution >= 0.6 is 0 Å². The zero-order valence-corrected chi connectivity index (χ0v) is 9.68. The van der Waals surface area contributed by atoms with Crippen molar-refractivity contribution in [1.82, 2.24) is 15.3 Å². The molecule has 17 heavy (non-hydrogen) atoms. The second-order valence-electron chi connectivity index (χ2n) is 3.19. The maximum Gasteiger partial charge on any atom is 0.271 e. The van der Waals surface area contributed by atoms with Gasteiger partial charge in [-0.2, -0.15) is 0 Å². The van der Waals surface area contributed by atoms with Crippen LogP contribution in [0, 0.1) is 0 Å². The highest BCUT2D eigenvalue weighted by Crippen LogP contribution is 1.95. The standard InChI is InChI=1S/C10H16N4O3/c1-16-4-5-17-3-2-12-10(15)8-6-14-9(11)7-13-8/h6-7H,2-5H2,1H3,(H2,11,14)(H,12,15). The lowest BCUT2D eigenvalue weighted by molar-refractivity contribution is 0.0691. The van der Waals surface area contributed by atoms with E-state index < -0.39 is 0 Å².